The van der Waals surface area contributed by atoms with E-state index in [-0.39, 0.29) is 5.91 Å². The first-order chi connectivity index (χ1) is 8.49. The summed E-state index contributed by atoms with van der Waals surface area (Å²) in [7, 11) is 0. The van der Waals surface area contributed by atoms with Gasteiger partial charge >= 0.3 is 0 Å². The Kier molecular flexibility index (Phi) is 6.05. The number of hydrogen-bond donors (Lipinski definition) is 2. The maximum absolute atomic E-state index is 11.6. The van der Waals surface area contributed by atoms with Crippen molar-refractivity contribution in [2.45, 2.75) is 32.1 Å². The predicted octanol–water partition coefficient (Wildman–Crippen LogP) is 2.83. The van der Waals surface area contributed by atoms with Crippen molar-refractivity contribution in [2.75, 3.05) is 18.0 Å². The average molecular weight is 266 g/mol. The Labute approximate surface area is 114 Å². The first-order valence-electron chi connectivity index (χ1n) is 6.24. The highest BCUT2D eigenvalue weighted by Gasteiger charge is 2.05. The topological polar surface area (TPSA) is 55.1 Å². The quantitative estimate of drug-likeness (QED) is 0.615. The lowest BCUT2D eigenvalue weighted by atomic mass is 10.1. The molecular weight excluding hydrogens is 244 g/mol. The van der Waals surface area contributed by atoms with Crippen LogP contribution in [0.1, 0.15) is 25.8 Å². The van der Waals surface area contributed by atoms with Gasteiger partial charge < -0.3 is 11.1 Å². The summed E-state index contributed by atoms with van der Waals surface area (Å²) in [5.74, 6) is 1.11. The molecular formula is C14H22N2OS. The van der Waals surface area contributed by atoms with Gasteiger partial charge in [0.25, 0.3) is 0 Å². The fourth-order valence-electron chi connectivity index (χ4n) is 1.49. The molecule has 0 saturated heterocycles. The second-order valence-electron chi connectivity index (χ2n) is 4.86. The van der Waals surface area contributed by atoms with E-state index in [1.54, 1.807) is 0 Å². The standard InChI is InChI=1S/C14H22N2OS/c1-10(2)6-7-16-14(17)9-18-13-5-4-11(3)8-12(13)15/h4-5,8,10H,6-7,9,15H2,1-3H3,(H,16,17). The molecule has 0 aliphatic heterocycles. The molecule has 0 fully saturated rings. The fraction of sp³-hybridized carbons (Fsp3) is 0.500. The SMILES string of the molecule is Cc1ccc(SCC(=O)NCCC(C)C)c(N)c1. The van der Waals surface area contributed by atoms with E-state index < -0.39 is 0 Å². The van der Waals surface area contributed by atoms with Crippen molar-refractivity contribution >= 4 is 23.4 Å². The van der Waals surface area contributed by atoms with Crippen LogP contribution in [-0.2, 0) is 4.79 Å². The van der Waals surface area contributed by atoms with Crippen LogP contribution in [-0.4, -0.2) is 18.2 Å². The normalized spacial score (nSPS) is 10.7. The first-order valence-corrected chi connectivity index (χ1v) is 7.23. The zero-order valence-corrected chi connectivity index (χ0v) is 12.1. The number of aryl methyl sites for hydroxylation is 1. The minimum atomic E-state index is 0.0700. The van der Waals surface area contributed by atoms with Crippen LogP contribution in [0.2, 0.25) is 0 Å². The number of thioether (sulfide) groups is 1. The minimum Gasteiger partial charge on any atom is -0.398 e. The number of nitrogens with two attached hydrogens (primary N) is 1. The molecule has 0 saturated carbocycles. The van der Waals surface area contributed by atoms with Crippen molar-refractivity contribution in [1.82, 2.24) is 5.32 Å². The molecule has 0 unspecified atom stereocenters. The van der Waals surface area contributed by atoms with E-state index in [4.69, 9.17) is 5.73 Å². The Balaban J connectivity index is 2.33. The molecule has 1 amide bonds. The molecule has 100 valence electrons. The molecule has 3 nitrogen and oxygen atoms in total. The number of nitrogen functional groups attached to an aromatic ring is 1. The highest BCUT2D eigenvalue weighted by Crippen LogP contribution is 2.25. The van der Waals surface area contributed by atoms with E-state index in [2.05, 4.69) is 19.2 Å². The fourth-order valence-corrected chi connectivity index (χ4v) is 2.27. The summed E-state index contributed by atoms with van der Waals surface area (Å²) in [6, 6.07) is 5.91. The van der Waals surface area contributed by atoms with Crippen molar-refractivity contribution in [2.24, 2.45) is 5.92 Å². The highest BCUT2D eigenvalue weighted by molar-refractivity contribution is 8.00. The van der Waals surface area contributed by atoms with Gasteiger partial charge in [0.1, 0.15) is 0 Å². The first kappa shape index (κ1) is 14.9. The van der Waals surface area contributed by atoms with E-state index in [0.29, 0.717) is 11.7 Å². The van der Waals surface area contributed by atoms with Crippen molar-refractivity contribution in [3.8, 4) is 0 Å². The third kappa shape index (κ3) is 5.45. The predicted molar refractivity (Wildman–Crippen MR) is 78.8 cm³/mol. The van der Waals surface area contributed by atoms with Gasteiger partial charge in [-0.15, -0.1) is 11.8 Å². The molecule has 0 aromatic heterocycles. The van der Waals surface area contributed by atoms with E-state index in [0.717, 1.165) is 29.1 Å². The Morgan fingerprint density at radius 3 is 2.78 bits per heavy atom. The summed E-state index contributed by atoms with van der Waals surface area (Å²) < 4.78 is 0. The molecule has 0 radical (unpaired) electrons. The zero-order valence-electron chi connectivity index (χ0n) is 11.3. The summed E-state index contributed by atoms with van der Waals surface area (Å²) in [6.45, 7) is 7.05. The smallest absolute Gasteiger partial charge is 0.230 e. The van der Waals surface area contributed by atoms with Crippen molar-refractivity contribution in [3.05, 3.63) is 23.8 Å². The summed E-state index contributed by atoms with van der Waals surface area (Å²) in [6.07, 6.45) is 1.02. The lowest BCUT2D eigenvalue weighted by molar-refractivity contribution is -0.118. The Bertz CT molecular complexity index is 405. The Morgan fingerprint density at radius 1 is 1.44 bits per heavy atom. The van der Waals surface area contributed by atoms with Crippen LogP contribution in [0.5, 0.6) is 0 Å². The van der Waals surface area contributed by atoms with Gasteiger partial charge in [-0.05, 0) is 37.0 Å². The lowest BCUT2D eigenvalue weighted by Gasteiger charge is -2.08. The van der Waals surface area contributed by atoms with Gasteiger partial charge in [-0.3, -0.25) is 4.79 Å². The number of benzene rings is 1. The number of carbonyl (C=O) groups is 1. The van der Waals surface area contributed by atoms with Gasteiger partial charge in [-0.25, -0.2) is 0 Å². The average Bonchev–Trinajstić information content (AvgIpc) is 2.27. The van der Waals surface area contributed by atoms with Crippen LogP contribution < -0.4 is 11.1 Å². The van der Waals surface area contributed by atoms with Crippen LogP contribution in [0.25, 0.3) is 0 Å². The maximum Gasteiger partial charge on any atom is 0.230 e. The Hall–Kier alpha value is -1.16. The molecule has 1 aromatic carbocycles. The molecule has 1 aromatic rings. The second-order valence-corrected chi connectivity index (χ2v) is 5.88. The van der Waals surface area contributed by atoms with Gasteiger partial charge in [0.2, 0.25) is 5.91 Å². The van der Waals surface area contributed by atoms with Gasteiger partial charge in [-0.2, -0.15) is 0 Å². The van der Waals surface area contributed by atoms with Gasteiger partial charge in [0.05, 0.1) is 5.75 Å². The van der Waals surface area contributed by atoms with Gasteiger partial charge in [0, 0.05) is 17.1 Å². The van der Waals surface area contributed by atoms with Crippen LogP contribution >= 0.6 is 11.8 Å². The molecule has 0 aliphatic rings. The third-order valence-corrected chi connectivity index (χ3v) is 3.66. The largest absolute Gasteiger partial charge is 0.398 e. The number of amides is 1. The van der Waals surface area contributed by atoms with E-state index >= 15 is 0 Å². The van der Waals surface area contributed by atoms with Crippen LogP contribution in [0.15, 0.2) is 23.1 Å². The molecule has 1 rings (SSSR count). The van der Waals surface area contributed by atoms with E-state index in [1.807, 2.05) is 25.1 Å². The van der Waals surface area contributed by atoms with Crippen molar-refractivity contribution < 1.29 is 4.79 Å². The van der Waals surface area contributed by atoms with Crippen molar-refractivity contribution in [3.63, 3.8) is 0 Å². The van der Waals surface area contributed by atoms with Gasteiger partial charge in [-0.1, -0.05) is 19.9 Å². The Morgan fingerprint density at radius 2 is 2.17 bits per heavy atom. The molecule has 4 heteroatoms. The summed E-state index contributed by atoms with van der Waals surface area (Å²) in [5, 5.41) is 2.91. The number of carbonyl (C=O) groups excluding carboxylic acids is 1. The maximum atomic E-state index is 11.6. The van der Waals surface area contributed by atoms with Crippen LogP contribution in [0.3, 0.4) is 0 Å². The zero-order chi connectivity index (χ0) is 13.5. The summed E-state index contributed by atoms with van der Waals surface area (Å²) in [5.41, 5.74) is 7.78. The summed E-state index contributed by atoms with van der Waals surface area (Å²) >= 11 is 1.49. The number of nitrogens with one attached hydrogen (secondary N) is 1. The molecule has 0 aliphatic carbocycles. The van der Waals surface area contributed by atoms with Crippen molar-refractivity contribution in [1.29, 1.82) is 0 Å². The second kappa shape index (κ2) is 7.31. The van der Waals surface area contributed by atoms with Crippen LogP contribution in [0.4, 0.5) is 5.69 Å². The lowest BCUT2D eigenvalue weighted by Crippen LogP contribution is -2.26. The van der Waals surface area contributed by atoms with E-state index in [9.17, 15) is 4.79 Å². The number of hydrogen-bond acceptors (Lipinski definition) is 3. The third-order valence-electron chi connectivity index (χ3n) is 2.57. The molecule has 0 spiro atoms. The number of anilines is 1. The van der Waals surface area contributed by atoms with Crippen LogP contribution in [0, 0.1) is 12.8 Å². The monoisotopic (exact) mass is 266 g/mol. The molecule has 18 heavy (non-hydrogen) atoms. The summed E-state index contributed by atoms with van der Waals surface area (Å²) in [4.78, 5) is 12.6. The molecule has 0 atom stereocenters. The highest BCUT2D eigenvalue weighted by atomic mass is 32.2. The molecule has 3 N–H and O–H groups in total. The molecule has 0 heterocycles. The molecule has 0 bridgehead atoms. The van der Waals surface area contributed by atoms with E-state index in [1.165, 1.54) is 11.8 Å². The van der Waals surface area contributed by atoms with Gasteiger partial charge in [0.15, 0.2) is 0 Å². The number of rotatable bonds is 6. The minimum absolute atomic E-state index is 0.0700.